The molecule has 2 aromatic rings. The highest BCUT2D eigenvalue weighted by Gasteiger charge is 2.11. The smallest absolute Gasteiger partial charge is 0.234 e. The zero-order valence-electron chi connectivity index (χ0n) is 14.0. The molecule has 0 unspecified atom stereocenters. The van der Waals surface area contributed by atoms with Gasteiger partial charge in [0.05, 0.1) is 12.6 Å². The summed E-state index contributed by atoms with van der Waals surface area (Å²) in [4.78, 5) is 15.5. The summed E-state index contributed by atoms with van der Waals surface area (Å²) >= 11 is 1.73. The van der Waals surface area contributed by atoms with Crippen LogP contribution in [0.4, 0.5) is 0 Å². The van der Waals surface area contributed by atoms with Crippen LogP contribution in [0.5, 0.6) is 0 Å². The minimum absolute atomic E-state index is 0.0259. The number of benzene rings is 2. The van der Waals surface area contributed by atoms with Gasteiger partial charge in [0.1, 0.15) is 0 Å². The Bertz CT molecular complexity index is 613. The zero-order valence-corrected chi connectivity index (χ0v) is 14.8. The molecule has 0 aliphatic rings. The molecular weight excluding hydrogens is 304 g/mol. The van der Waals surface area contributed by atoms with E-state index in [0.29, 0.717) is 6.54 Å². The van der Waals surface area contributed by atoms with Crippen LogP contribution in [0.2, 0.25) is 0 Å². The number of amides is 1. The van der Waals surface area contributed by atoms with Crippen LogP contribution in [0.3, 0.4) is 0 Å². The Hall–Kier alpha value is -1.78. The monoisotopic (exact) mass is 328 g/mol. The van der Waals surface area contributed by atoms with Crippen molar-refractivity contribution >= 4 is 17.7 Å². The molecular formula is C19H24N2OS. The average Bonchev–Trinajstić information content (AvgIpc) is 2.56. The van der Waals surface area contributed by atoms with Gasteiger partial charge in [-0.1, -0.05) is 42.5 Å². The Morgan fingerprint density at radius 3 is 2.39 bits per heavy atom. The van der Waals surface area contributed by atoms with E-state index in [4.69, 9.17) is 0 Å². The molecule has 0 heterocycles. The number of carbonyl (C=O) groups excluding carboxylic acids is 1. The first kappa shape index (κ1) is 17.6. The van der Waals surface area contributed by atoms with Crippen LogP contribution in [0.25, 0.3) is 0 Å². The van der Waals surface area contributed by atoms with Gasteiger partial charge in [-0.05, 0) is 43.5 Å². The van der Waals surface area contributed by atoms with Crippen molar-refractivity contribution in [2.24, 2.45) is 0 Å². The molecule has 1 N–H and O–H groups in total. The maximum Gasteiger partial charge on any atom is 0.234 e. The van der Waals surface area contributed by atoms with E-state index in [0.717, 1.165) is 12.1 Å². The molecule has 0 spiro atoms. The largest absolute Gasteiger partial charge is 0.348 e. The van der Waals surface area contributed by atoms with Crippen LogP contribution >= 0.6 is 11.8 Å². The Morgan fingerprint density at radius 1 is 1.13 bits per heavy atom. The van der Waals surface area contributed by atoms with Crippen molar-refractivity contribution in [3.8, 4) is 0 Å². The molecule has 4 heteroatoms. The third kappa shape index (κ3) is 5.73. The quantitative estimate of drug-likeness (QED) is 0.786. The molecule has 2 rings (SSSR count). The number of likely N-dealkylation sites (N-methyl/N-ethyl adjacent to an activating group) is 1. The van der Waals surface area contributed by atoms with Crippen molar-refractivity contribution in [2.75, 3.05) is 19.8 Å². The first-order chi connectivity index (χ1) is 11.1. The van der Waals surface area contributed by atoms with Crippen LogP contribution in [0.15, 0.2) is 59.5 Å². The second-order valence-electron chi connectivity index (χ2n) is 5.72. The third-order valence-corrected chi connectivity index (χ3v) is 4.45. The molecule has 0 aromatic heterocycles. The normalized spacial score (nSPS) is 12.2. The number of thioether (sulfide) groups is 1. The van der Waals surface area contributed by atoms with Crippen LogP contribution < -0.4 is 5.32 Å². The van der Waals surface area contributed by atoms with Gasteiger partial charge in [-0.15, -0.1) is 11.8 Å². The van der Waals surface area contributed by atoms with Crippen LogP contribution in [-0.4, -0.2) is 30.7 Å². The summed E-state index contributed by atoms with van der Waals surface area (Å²) in [5, 5.41) is 3.05. The topological polar surface area (TPSA) is 32.3 Å². The van der Waals surface area contributed by atoms with E-state index in [2.05, 4.69) is 35.8 Å². The predicted molar refractivity (Wildman–Crippen MR) is 97.6 cm³/mol. The number of hydrogen-bond donors (Lipinski definition) is 1. The number of nitrogens with one attached hydrogen (secondary N) is 1. The second kappa shape index (κ2) is 8.75. The predicted octanol–water partition coefficient (Wildman–Crippen LogP) is 3.72. The van der Waals surface area contributed by atoms with Crippen LogP contribution in [-0.2, 0) is 11.3 Å². The van der Waals surface area contributed by atoms with E-state index < -0.39 is 0 Å². The lowest BCUT2D eigenvalue weighted by Crippen LogP contribution is -2.36. The standard InChI is InChI=1S/C19H24N2OS/c1-15(17-7-5-4-6-8-17)20-19(22)14-21(2)13-16-9-11-18(23-3)12-10-16/h4-12,15H,13-14H2,1-3H3,(H,20,22)/t15-/m0/s1. The van der Waals surface area contributed by atoms with Gasteiger partial charge in [0.25, 0.3) is 0 Å². The minimum Gasteiger partial charge on any atom is -0.348 e. The fourth-order valence-electron chi connectivity index (χ4n) is 2.46. The SMILES string of the molecule is CSc1ccc(CN(C)CC(=O)N[C@@H](C)c2ccccc2)cc1. The van der Waals surface area contributed by atoms with Crippen molar-refractivity contribution in [1.82, 2.24) is 10.2 Å². The van der Waals surface area contributed by atoms with E-state index >= 15 is 0 Å². The summed E-state index contributed by atoms with van der Waals surface area (Å²) < 4.78 is 0. The Labute approximate surface area is 143 Å². The summed E-state index contributed by atoms with van der Waals surface area (Å²) in [5.41, 5.74) is 2.34. The lowest BCUT2D eigenvalue weighted by Gasteiger charge is -2.19. The van der Waals surface area contributed by atoms with Crippen molar-refractivity contribution in [3.63, 3.8) is 0 Å². The van der Waals surface area contributed by atoms with Crippen LogP contribution in [0, 0.1) is 0 Å². The van der Waals surface area contributed by atoms with Crippen molar-refractivity contribution in [3.05, 3.63) is 65.7 Å². The molecule has 1 amide bonds. The average molecular weight is 328 g/mol. The highest BCUT2D eigenvalue weighted by atomic mass is 32.2. The zero-order chi connectivity index (χ0) is 16.7. The van der Waals surface area contributed by atoms with Gasteiger partial charge in [-0.3, -0.25) is 9.69 Å². The maximum atomic E-state index is 12.2. The van der Waals surface area contributed by atoms with E-state index in [-0.39, 0.29) is 11.9 Å². The molecule has 0 bridgehead atoms. The van der Waals surface area contributed by atoms with E-state index in [1.807, 2.05) is 49.2 Å². The highest BCUT2D eigenvalue weighted by Crippen LogP contribution is 2.15. The second-order valence-corrected chi connectivity index (χ2v) is 6.60. The van der Waals surface area contributed by atoms with Crippen molar-refractivity contribution < 1.29 is 4.79 Å². The summed E-state index contributed by atoms with van der Waals surface area (Å²) in [6.07, 6.45) is 2.07. The molecule has 122 valence electrons. The Balaban J connectivity index is 1.82. The number of carbonyl (C=O) groups is 1. The van der Waals surface area contributed by atoms with E-state index in [1.165, 1.54) is 10.5 Å². The lowest BCUT2D eigenvalue weighted by molar-refractivity contribution is -0.122. The molecule has 0 radical (unpaired) electrons. The molecule has 1 atom stereocenters. The molecule has 0 aliphatic carbocycles. The van der Waals surface area contributed by atoms with E-state index in [1.54, 1.807) is 11.8 Å². The maximum absolute atomic E-state index is 12.2. The molecule has 0 saturated heterocycles. The fraction of sp³-hybridized carbons (Fsp3) is 0.316. The number of hydrogen-bond acceptors (Lipinski definition) is 3. The van der Waals surface area contributed by atoms with Crippen molar-refractivity contribution in [2.45, 2.75) is 24.4 Å². The Kier molecular flexibility index (Phi) is 6.68. The third-order valence-electron chi connectivity index (χ3n) is 3.70. The highest BCUT2D eigenvalue weighted by molar-refractivity contribution is 7.98. The minimum atomic E-state index is 0.0259. The lowest BCUT2D eigenvalue weighted by atomic mass is 10.1. The molecule has 0 fully saturated rings. The number of rotatable bonds is 7. The molecule has 0 saturated carbocycles. The van der Waals surface area contributed by atoms with Crippen LogP contribution in [0.1, 0.15) is 24.1 Å². The molecule has 2 aromatic carbocycles. The summed E-state index contributed by atoms with van der Waals surface area (Å²) in [7, 11) is 1.97. The van der Waals surface area contributed by atoms with Gasteiger partial charge in [-0.25, -0.2) is 0 Å². The fourth-order valence-corrected chi connectivity index (χ4v) is 2.86. The first-order valence-electron chi connectivity index (χ1n) is 7.74. The van der Waals surface area contributed by atoms with Gasteiger partial charge < -0.3 is 5.32 Å². The van der Waals surface area contributed by atoms with Crippen molar-refractivity contribution in [1.29, 1.82) is 0 Å². The van der Waals surface area contributed by atoms with Gasteiger partial charge in [0.2, 0.25) is 5.91 Å². The van der Waals surface area contributed by atoms with Gasteiger partial charge >= 0.3 is 0 Å². The first-order valence-corrected chi connectivity index (χ1v) is 8.96. The molecule has 0 aliphatic heterocycles. The van der Waals surface area contributed by atoms with Gasteiger partial charge in [0, 0.05) is 11.4 Å². The van der Waals surface area contributed by atoms with E-state index in [9.17, 15) is 4.79 Å². The summed E-state index contributed by atoms with van der Waals surface area (Å²) in [5.74, 6) is 0.0459. The molecule has 23 heavy (non-hydrogen) atoms. The summed E-state index contributed by atoms with van der Waals surface area (Å²) in [6.45, 7) is 3.16. The summed E-state index contributed by atoms with van der Waals surface area (Å²) in [6, 6.07) is 18.5. The Morgan fingerprint density at radius 2 is 1.78 bits per heavy atom. The van der Waals surface area contributed by atoms with Gasteiger partial charge in [0.15, 0.2) is 0 Å². The van der Waals surface area contributed by atoms with Gasteiger partial charge in [-0.2, -0.15) is 0 Å². The molecule has 3 nitrogen and oxygen atoms in total. The number of nitrogens with zero attached hydrogens (tertiary/aromatic N) is 1.